The Kier molecular flexibility index (Phi) is 3.46. The summed E-state index contributed by atoms with van der Waals surface area (Å²) in [5.41, 5.74) is 1.43. The molecule has 0 radical (unpaired) electrons. The van der Waals surface area contributed by atoms with Crippen molar-refractivity contribution in [1.82, 2.24) is 0 Å². The van der Waals surface area contributed by atoms with Crippen LogP contribution in [-0.4, -0.2) is 24.1 Å². The van der Waals surface area contributed by atoms with Crippen LogP contribution in [0.1, 0.15) is 40.5 Å². The van der Waals surface area contributed by atoms with E-state index in [1.807, 2.05) is 0 Å². The van der Waals surface area contributed by atoms with E-state index in [2.05, 4.69) is 33.4 Å². The van der Waals surface area contributed by atoms with Crippen LogP contribution in [0.4, 0.5) is 0 Å². The van der Waals surface area contributed by atoms with Crippen molar-refractivity contribution in [3.8, 4) is 0 Å². The van der Waals surface area contributed by atoms with Gasteiger partial charge in [-0.2, -0.15) is 0 Å². The summed E-state index contributed by atoms with van der Waals surface area (Å²) in [5, 5.41) is 0. The number of carbonyl (C=O) groups excluding carboxylic acids is 2. The van der Waals surface area contributed by atoms with Crippen molar-refractivity contribution in [3.05, 3.63) is 23.8 Å². The molecule has 0 spiro atoms. The zero-order valence-corrected chi connectivity index (χ0v) is 13.7. The minimum atomic E-state index is -0.386. The fourth-order valence-electron chi connectivity index (χ4n) is 4.82. The minimum Gasteiger partial charge on any atom is -0.461 e. The van der Waals surface area contributed by atoms with Gasteiger partial charge in [-0.15, -0.1) is 0 Å². The number of hydrogen-bond donors (Lipinski definition) is 0. The van der Waals surface area contributed by atoms with Crippen molar-refractivity contribution in [2.45, 2.75) is 52.7 Å². The summed E-state index contributed by atoms with van der Waals surface area (Å²) in [4.78, 5) is 23.7. The molecule has 0 aromatic heterocycles. The fraction of sp³-hybridized carbons (Fsp3) is 0.667. The summed E-state index contributed by atoms with van der Waals surface area (Å²) < 4.78 is 11.3. The van der Waals surface area contributed by atoms with Gasteiger partial charge in [0.05, 0.1) is 5.92 Å². The zero-order valence-electron chi connectivity index (χ0n) is 13.7. The van der Waals surface area contributed by atoms with Crippen LogP contribution in [0.2, 0.25) is 0 Å². The monoisotopic (exact) mass is 304 g/mol. The average molecular weight is 304 g/mol. The maximum atomic E-state index is 12.0. The molecular formula is C18H24O4. The Morgan fingerprint density at radius 2 is 2.18 bits per heavy atom. The second kappa shape index (κ2) is 4.97. The predicted molar refractivity (Wildman–Crippen MR) is 81.8 cm³/mol. The Labute approximate surface area is 131 Å². The lowest BCUT2D eigenvalue weighted by Crippen LogP contribution is -2.46. The largest absolute Gasteiger partial charge is 0.461 e. The van der Waals surface area contributed by atoms with Gasteiger partial charge >= 0.3 is 11.9 Å². The maximum absolute atomic E-state index is 12.0. The Bertz CT molecular complexity index is 576. The molecule has 0 aromatic carbocycles. The second-order valence-electron chi connectivity index (χ2n) is 7.25. The van der Waals surface area contributed by atoms with Crippen LogP contribution < -0.4 is 0 Å². The van der Waals surface area contributed by atoms with Crippen LogP contribution in [0.5, 0.6) is 0 Å². The molecule has 4 nitrogen and oxygen atoms in total. The van der Waals surface area contributed by atoms with Crippen molar-refractivity contribution < 1.29 is 19.1 Å². The van der Waals surface area contributed by atoms with Gasteiger partial charge in [-0.3, -0.25) is 4.79 Å². The molecule has 0 N–H and O–H groups in total. The van der Waals surface area contributed by atoms with E-state index in [1.54, 1.807) is 0 Å². The molecule has 3 aliphatic rings. The number of fused-ring (bicyclic) bond motifs is 2. The molecule has 2 fully saturated rings. The average Bonchev–Trinajstić information content (AvgIpc) is 2.84. The lowest BCUT2D eigenvalue weighted by atomic mass is 9.65. The molecule has 1 heterocycles. The molecule has 1 saturated carbocycles. The van der Waals surface area contributed by atoms with Gasteiger partial charge in [0.2, 0.25) is 0 Å². The van der Waals surface area contributed by atoms with Crippen LogP contribution in [-0.2, 0) is 19.1 Å². The summed E-state index contributed by atoms with van der Waals surface area (Å²) in [5.74, 6) is -0.110. The van der Waals surface area contributed by atoms with Crippen molar-refractivity contribution in [2.75, 3.05) is 0 Å². The lowest BCUT2D eigenvalue weighted by Gasteiger charge is -2.42. The molecule has 4 heteroatoms. The summed E-state index contributed by atoms with van der Waals surface area (Å²) in [6.45, 7) is 11.8. The van der Waals surface area contributed by atoms with E-state index in [-0.39, 0.29) is 35.5 Å². The van der Waals surface area contributed by atoms with Gasteiger partial charge in [-0.1, -0.05) is 32.1 Å². The first-order valence-electron chi connectivity index (χ1n) is 8.01. The molecule has 1 saturated heterocycles. The number of rotatable bonds is 1. The topological polar surface area (TPSA) is 52.6 Å². The highest BCUT2D eigenvalue weighted by atomic mass is 16.6. The van der Waals surface area contributed by atoms with E-state index in [4.69, 9.17) is 9.47 Å². The van der Waals surface area contributed by atoms with Crippen molar-refractivity contribution in [2.24, 2.45) is 23.2 Å². The maximum Gasteiger partial charge on any atom is 0.334 e. The smallest absolute Gasteiger partial charge is 0.334 e. The normalized spacial score (nSPS) is 43.8. The third-order valence-electron chi connectivity index (χ3n) is 6.12. The van der Waals surface area contributed by atoms with Gasteiger partial charge in [-0.05, 0) is 31.6 Å². The Morgan fingerprint density at radius 3 is 2.82 bits per heavy atom. The van der Waals surface area contributed by atoms with Crippen molar-refractivity contribution in [3.63, 3.8) is 0 Å². The van der Waals surface area contributed by atoms with E-state index in [1.165, 1.54) is 12.5 Å². The molecule has 3 rings (SSSR count). The van der Waals surface area contributed by atoms with Gasteiger partial charge in [0.25, 0.3) is 0 Å². The first-order valence-corrected chi connectivity index (χ1v) is 8.01. The number of hydrogen-bond acceptors (Lipinski definition) is 4. The molecule has 0 amide bonds. The summed E-state index contributed by atoms with van der Waals surface area (Å²) in [6.07, 6.45) is 3.42. The molecule has 0 bridgehead atoms. The first kappa shape index (κ1) is 15.3. The Morgan fingerprint density at radius 1 is 1.50 bits per heavy atom. The molecule has 2 aliphatic carbocycles. The first-order chi connectivity index (χ1) is 10.3. The van der Waals surface area contributed by atoms with Gasteiger partial charge in [0.15, 0.2) is 0 Å². The highest BCUT2D eigenvalue weighted by molar-refractivity contribution is 5.91. The number of carbonyl (C=O) groups is 2. The van der Waals surface area contributed by atoms with Crippen molar-refractivity contribution >= 4 is 11.9 Å². The number of allylic oxidation sites excluding steroid dienone is 1. The standard InChI is InChI=1S/C18H24O4/c1-9-8-14-15(11(3)17(20)22-14)16(21-12(4)19)18(5)10(2)6-7-13(9)18/h6,9,13-16H,3,7-8H2,1-2,4-5H3. The summed E-state index contributed by atoms with van der Waals surface area (Å²) >= 11 is 0. The third kappa shape index (κ3) is 1.96. The van der Waals surface area contributed by atoms with E-state index >= 15 is 0 Å². The van der Waals surface area contributed by atoms with Gasteiger partial charge < -0.3 is 9.47 Å². The SMILES string of the molecule is C=C1C(=O)OC2CC(C)C3CC=C(C)C3(C)C(OC(C)=O)C12. The third-order valence-corrected chi connectivity index (χ3v) is 6.12. The van der Waals surface area contributed by atoms with Crippen LogP contribution in [0, 0.1) is 23.2 Å². The summed E-state index contributed by atoms with van der Waals surface area (Å²) in [6, 6.07) is 0. The van der Waals surface area contributed by atoms with Crippen molar-refractivity contribution in [1.29, 1.82) is 0 Å². The molecule has 1 aliphatic heterocycles. The Balaban J connectivity index is 2.11. The highest BCUT2D eigenvalue weighted by Gasteiger charge is 2.60. The quantitative estimate of drug-likeness (QED) is 0.424. The predicted octanol–water partition coefficient (Wildman–Crippen LogP) is 3.03. The lowest BCUT2D eigenvalue weighted by molar-refractivity contribution is -0.157. The molecule has 6 unspecified atom stereocenters. The molecule has 0 aromatic rings. The number of ether oxygens (including phenoxy) is 2. The highest BCUT2D eigenvalue weighted by Crippen LogP contribution is 2.58. The van der Waals surface area contributed by atoms with Gasteiger partial charge in [0.1, 0.15) is 12.2 Å². The summed E-state index contributed by atoms with van der Waals surface area (Å²) in [7, 11) is 0. The van der Waals surface area contributed by atoms with Crippen LogP contribution in [0.3, 0.4) is 0 Å². The molecule has 6 atom stereocenters. The van der Waals surface area contributed by atoms with E-state index in [9.17, 15) is 9.59 Å². The zero-order chi connectivity index (χ0) is 16.2. The van der Waals surface area contributed by atoms with E-state index in [0.29, 0.717) is 17.4 Å². The van der Waals surface area contributed by atoms with Gasteiger partial charge in [-0.25, -0.2) is 4.79 Å². The Hall–Kier alpha value is -1.58. The van der Waals surface area contributed by atoms with Crippen LogP contribution >= 0.6 is 0 Å². The molecule has 120 valence electrons. The van der Waals surface area contributed by atoms with E-state index in [0.717, 1.165) is 12.8 Å². The van der Waals surface area contributed by atoms with Crippen LogP contribution in [0.25, 0.3) is 0 Å². The molecular weight excluding hydrogens is 280 g/mol. The van der Waals surface area contributed by atoms with E-state index < -0.39 is 0 Å². The van der Waals surface area contributed by atoms with Gasteiger partial charge in [0, 0.05) is 17.9 Å². The molecule has 22 heavy (non-hydrogen) atoms. The van der Waals surface area contributed by atoms with Crippen LogP contribution in [0.15, 0.2) is 23.8 Å². The fourth-order valence-corrected chi connectivity index (χ4v) is 4.82. The minimum absolute atomic E-state index is 0.227. The second-order valence-corrected chi connectivity index (χ2v) is 7.25. The number of esters is 2.